The molecule has 1 aromatic rings. The molecule has 0 aliphatic heterocycles. The van der Waals surface area contributed by atoms with E-state index in [0.29, 0.717) is 24.2 Å². The summed E-state index contributed by atoms with van der Waals surface area (Å²) in [6.45, 7) is 8.95. The summed E-state index contributed by atoms with van der Waals surface area (Å²) in [6, 6.07) is 8.17. The van der Waals surface area contributed by atoms with Crippen LogP contribution in [-0.2, 0) is 11.2 Å². The molecule has 0 radical (unpaired) electrons. The Balaban J connectivity index is 2.41. The van der Waals surface area contributed by atoms with Gasteiger partial charge in [0.05, 0.1) is 19.8 Å². The molecule has 0 aromatic heterocycles. The molecule has 148 valence electrons. The molecule has 5 nitrogen and oxygen atoms in total. The fourth-order valence-corrected chi connectivity index (χ4v) is 3.39. The summed E-state index contributed by atoms with van der Waals surface area (Å²) in [5.74, 6) is 1.59. The molecule has 0 aliphatic carbocycles. The van der Waals surface area contributed by atoms with E-state index < -0.39 is 0 Å². The van der Waals surface area contributed by atoms with Crippen molar-refractivity contribution in [2.24, 2.45) is 0 Å². The standard InChI is InChI=1S/C20H33NO4S/c1-5-24-17-9-6-16(7-10-17)8-11-18(26-15-13-22)12-14-25-19(23)21-20(2,3)4/h6-7,9-10,18,22H,5,8,11-15H2,1-4H3,(H,21,23). The Morgan fingerprint density at radius 2 is 1.92 bits per heavy atom. The molecule has 2 N–H and O–H groups in total. The number of benzene rings is 1. The highest BCUT2D eigenvalue weighted by Crippen LogP contribution is 2.22. The van der Waals surface area contributed by atoms with Crippen molar-refractivity contribution in [3.63, 3.8) is 0 Å². The summed E-state index contributed by atoms with van der Waals surface area (Å²) < 4.78 is 10.7. The Bertz CT molecular complexity index is 514. The topological polar surface area (TPSA) is 67.8 Å². The van der Waals surface area contributed by atoms with Gasteiger partial charge in [0.2, 0.25) is 0 Å². The van der Waals surface area contributed by atoms with Crippen molar-refractivity contribution in [1.29, 1.82) is 0 Å². The lowest BCUT2D eigenvalue weighted by atomic mass is 10.1. The quantitative estimate of drug-likeness (QED) is 0.604. The van der Waals surface area contributed by atoms with Crippen molar-refractivity contribution in [2.45, 2.75) is 57.7 Å². The van der Waals surface area contributed by atoms with Crippen LogP contribution in [0.4, 0.5) is 4.79 Å². The van der Waals surface area contributed by atoms with E-state index in [1.54, 1.807) is 11.8 Å². The largest absolute Gasteiger partial charge is 0.494 e. The molecule has 1 rings (SSSR count). The molecule has 1 aromatic carbocycles. The van der Waals surface area contributed by atoms with E-state index in [0.717, 1.165) is 25.0 Å². The summed E-state index contributed by atoms with van der Waals surface area (Å²) in [5.41, 5.74) is 0.963. The lowest BCUT2D eigenvalue weighted by molar-refractivity contribution is 0.136. The number of nitrogens with one attached hydrogen (secondary N) is 1. The van der Waals surface area contributed by atoms with E-state index in [1.807, 2.05) is 39.8 Å². The van der Waals surface area contributed by atoms with Gasteiger partial charge in [0.25, 0.3) is 0 Å². The maximum Gasteiger partial charge on any atom is 0.407 e. The minimum absolute atomic E-state index is 0.162. The van der Waals surface area contributed by atoms with Gasteiger partial charge < -0.3 is 19.9 Å². The van der Waals surface area contributed by atoms with Crippen molar-refractivity contribution in [3.8, 4) is 5.75 Å². The minimum Gasteiger partial charge on any atom is -0.494 e. The van der Waals surface area contributed by atoms with Crippen LogP contribution in [0, 0.1) is 0 Å². The van der Waals surface area contributed by atoms with Crippen LogP contribution in [0.15, 0.2) is 24.3 Å². The van der Waals surface area contributed by atoms with Gasteiger partial charge in [-0.05, 0) is 64.7 Å². The molecule has 1 unspecified atom stereocenters. The van der Waals surface area contributed by atoms with E-state index in [2.05, 4.69) is 17.4 Å². The smallest absolute Gasteiger partial charge is 0.407 e. The number of amides is 1. The third-order valence-electron chi connectivity index (χ3n) is 3.58. The van der Waals surface area contributed by atoms with Crippen LogP contribution < -0.4 is 10.1 Å². The predicted molar refractivity (Wildman–Crippen MR) is 108 cm³/mol. The van der Waals surface area contributed by atoms with Gasteiger partial charge >= 0.3 is 6.09 Å². The van der Waals surface area contributed by atoms with E-state index in [9.17, 15) is 4.79 Å². The first-order valence-corrected chi connectivity index (χ1v) is 10.3. The second-order valence-electron chi connectivity index (χ2n) is 7.13. The Labute approximate surface area is 161 Å². The number of aliphatic hydroxyl groups is 1. The van der Waals surface area contributed by atoms with Gasteiger partial charge in [0.15, 0.2) is 0 Å². The highest BCUT2D eigenvalue weighted by Gasteiger charge is 2.16. The predicted octanol–water partition coefficient (Wildman–Crippen LogP) is 4.03. The number of hydrogen-bond acceptors (Lipinski definition) is 5. The number of alkyl carbamates (subject to hydrolysis) is 1. The van der Waals surface area contributed by atoms with Crippen LogP contribution in [-0.4, -0.2) is 47.6 Å². The van der Waals surface area contributed by atoms with Crippen LogP contribution in [0.1, 0.15) is 46.1 Å². The lowest BCUT2D eigenvalue weighted by Gasteiger charge is -2.21. The Morgan fingerprint density at radius 1 is 1.23 bits per heavy atom. The Kier molecular flexibility index (Phi) is 10.5. The van der Waals surface area contributed by atoms with Crippen molar-refractivity contribution in [3.05, 3.63) is 29.8 Å². The maximum atomic E-state index is 11.7. The molecule has 0 fully saturated rings. The zero-order chi connectivity index (χ0) is 19.4. The fourth-order valence-electron chi connectivity index (χ4n) is 2.40. The zero-order valence-electron chi connectivity index (χ0n) is 16.4. The van der Waals surface area contributed by atoms with Crippen LogP contribution >= 0.6 is 11.8 Å². The van der Waals surface area contributed by atoms with E-state index in [4.69, 9.17) is 14.6 Å². The molecule has 0 spiro atoms. The first-order chi connectivity index (χ1) is 12.3. The van der Waals surface area contributed by atoms with Gasteiger partial charge in [0, 0.05) is 16.5 Å². The third-order valence-corrected chi connectivity index (χ3v) is 4.95. The Hall–Kier alpha value is -1.40. The Morgan fingerprint density at radius 3 is 2.50 bits per heavy atom. The van der Waals surface area contributed by atoms with Gasteiger partial charge in [-0.15, -0.1) is 0 Å². The number of aryl methyl sites for hydroxylation is 1. The molecular formula is C20H33NO4S. The van der Waals surface area contributed by atoms with Gasteiger partial charge in [-0.3, -0.25) is 0 Å². The number of hydrogen-bond donors (Lipinski definition) is 2. The minimum atomic E-state index is -0.380. The number of rotatable bonds is 11. The van der Waals surface area contributed by atoms with Gasteiger partial charge in [-0.1, -0.05) is 12.1 Å². The molecule has 0 heterocycles. The SMILES string of the molecule is CCOc1ccc(CCC(CCOC(=O)NC(C)(C)C)SCCO)cc1. The second-order valence-corrected chi connectivity index (χ2v) is 8.54. The normalized spacial score (nSPS) is 12.5. The van der Waals surface area contributed by atoms with E-state index in [1.165, 1.54) is 5.56 Å². The van der Waals surface area contributed by atoms with Crippen molar-refractivity contribution in [1.82, 2.24) is 5.32 Å². The number of thioether (sulfide) groups is 1. The average molecular weight is 384 g/mol. The monoisotopic (exact) mass is 383 g/mol. The zero-order valence-corrected chi connectivity index (χ0v) is 17.2. The van der Waals surface area contributed by atoms with Gasteiger partial charge in [-0.2, -0.15) is 11.8 Å². The molecule has 0 saturated carbocycles. The molecule has 1 amide bonds. The van der Waals surface area contributed by atoms with Crippen molar-refractivity contribution >= 4 is 17.9 Å². The lowest BCUT2D eigenvalue weighted by Crippen LogP contribution is -2.41. The van der Waals surface area contributed by atoms with Crippen LogP contribution in [0.5, 0.6) is 5.75 Å². The summed E-state index contributed by atoms with van der Waals surface area (Å²) >= 11 is 1.73. The molecule has 0 bridgehead atoms. The fraction of sp³-hybridized carbons (Fsp3) is 0.650. The molecule has 1 atom stereocenters. The second kappa shape index (κ2) is 12.1. The van der Waals surface area contributed by atoms with E-state index >= 15 is 0 Å². The van der Waals surface area contributed by atoms with E-state index in [-0.39, 0.29) is 18.2 Å². The maximum absolute atomic E-state index is 11.7. The molecule has 6 heteroatoms. The number of ether oxygens (including phenoxy) is 2. The summed E-state index contributed by atoms with van der Waals surface area (Å²) in [7, 11) is 0. The average Bonchev–Trinajstić information content (AvgIpc) is 2.56. The third kappa shape index (κ3) is 10.6. The number of carbonyl (C=O) groups excluding carboxylic acids is 1. The summed E-state index contributed by atoms with van der Waals surface area (Å²) in [5, 5.41) is 12.2. The molecule has 26 heavy (non-hydrogen) atoms. The molecule has 0 aliphatic rings. The van der Waals surface area contributed by atoms with Crippen LogP contribution in [0.3, 0.4) is 0 Å². The number of carbonyl (C=O) groups is 1. The molecular weight excluding hydrogens is 350 g/mol. The number of aliphatic hydroxyl groups excluding tert-OH is 1. The first-order valence-electron chi connectivity index (χ1n) is 9.23. The highest BCUT2D eigenvalue weighted by molar-refractivity contribution is 7.99. The van der Waals surface area contributed by atoms with Crippen LogP contribution in [0.2, 0.25) is 0 Å². The summed E-state index contributed by atoms with van der Waals surface area (Å²) in [6.07, 6.45) is 2.32. The first kappa shape index (κ1) is 22.6. The van der Waals surface area contributed by atoms with Crippen LogP contribution in [0.25, 0.3) is 0 Å². The molecule has 0 saturated heterocycles. The van der Waals surface area contributed by atoms with Gasteiger partial charge in [-0.25, -0.2) is 4.79 Å². The highest BCUT2D eigenvalue weighted by atomic mass is 32.2. The van der Waals surface area contributed by atoms with Crippen molar-refractivity contribution < 1.29 is 19.4 Å². The summed E-state index contributed by atoms with van der Waals surface area (Å²) in [4.78, 5) is 11.7. The van der Waals surface area contributed by atoms with Gasteiger partial charge in [0.1, 0.15) is 5.75 Å². The van der Waals surface area contributed by atoms with Crippen molar-refractivity contribution in [2.75, 3.05) is 25.6 Å².